The molecule has 0 bridgehead atoms. The number of aromatic nitrogens is 2. The number of benzene rings is 2. The highest BCUT2D eigenvalue weighted by Crippen LogP contribution is 2.11. The molecule has 2 aromatic heterocycles. The zero-order valence-corrected chi connectivity index (χ0v) is 12.2. The fourth-order valence-corrected chi connectivity index (χ4v) is 2.21. The van der Waals surface area contributed by atoms with Gasteiger partial charge in [0.1, 0.15) is 0 Å². The highest BCUT2D eigenvalue weighted by molar-refractivity contribution is 5.79. The van der Waals surface area contributed by atoms with E-state index in [0.717, 1.165) is 16.7 Å². The first kappa shape index (κ1) is 14.0. The van der Waals surface area contributed by atoms with Crippen molar-refractivity contribution in [3.63, 3.8) is 0 Å². The number of para-hydroxylation sites is 2. The summed E-state index contributed by atoms with van der Waals surface area (Å²) in [6.07, 6.45) is 3.56. The molecular weight excluding hydrogens is 268 g/mol. The number of hydrogen-bond donors (Lipinski definition) is 0. The van der Waals surface area contributed by atoms with Gasteiger partial charge in [0, 0.05) is 17.0 Å². The molecule has 0 aliphatic carbocycles. The van der Waals surface area contributed by atoms with Crippen molar-refractivity contribution in [1.29, 1.82) is 0 Å². The van der Waals surface area contributed by atoms with Gasteiger partial charge in [-0.15, -0.1) is 0 Å². The SMILES string of the molecule is C=Cc1ccc2ccccc2n1.c1ccc2ncccc2c1. The Bertz CT molecular complexity index is 848. The van der Waals surface area contributed by atoms with Gasteiger partial charge in [-0.2, -0.15) is 0 Å². The molecule has 0 saturated heterocycles. The molecule has 106 valence electrons. The summed E-state index contributed by atoms with van der Waals surface area (Å²) < 4.78 is 0. The van der Waals surface area contributed by atoms with Crippen LogP contribution in [0.15, 0.2) is 85.6 Å². The van der Waals surface area contributed by atoms with Gasteiger partial charge in [-0.3, -0.25) is 4.98 Å². The zero-order chi connectivity index (χ0) is 15.2. The lowest BCUT2D eigenvalue weighted by atomic mass is 10.2. The van der Waals surface area contributed by atoms with Crippen molar-refractivity contribution < 1.29 is 0 Å². The molecule has 2 aromatic carbocycles. The highest BCUT2D eigenvalue weighted by Gasteiger charge is 1.92. The Morgan fingerprint density at radius 2 is 1.32 bits per heavy atom. The number of pyridine rings is 2. The van der Waals surface area contributed by atoms with E-state index in [9.17, 15) is 0 Å². The lowest BCUT2D eigenvalue weighted by Gasteiger charge is -1.96. The Labute approximate surface area is 129 Å². The molecule has 2 heterocycles. The molecule has 0 fully saturated rings. The molecule has 0 aliphatic rings. The molecular formula is C20H16N2. The number of fused-ring (bicyclic) bond motifs is 2. The van der Waals surface area contributed by atoms with Crippen LogP contribution in [0, 0.1) is 0 Å². The molecule has 0 spiro atoms. The minimum absolute atomic E-state index is 0.925. The fourth-order valence-electron chi connectivity index (χ4n) is 2.21. The van der Waals surface area contributed by atoms with Crippen molar-refractivity contribution in [2.45, 2.75) is 0 Å². The second-order valence-corrected chi connectivity index (χ2v) is 4.83. The number of nitrogens with zero attached hydrogens (tertiary/aromatic N) is 2. The van der Waals surface area contributed by atoms with Crippen LogP contribution in [0.2, 0.25) is 0 Å². The largest absolute Gasteiger partial charge is 0.256 e. The van der Waals surface area contributed by atoms with Gasteiger partial charge < -0.3 is 0 Å². The summed E-state index contributed by atoms with van der Waals surface area (Å²) in [5.41, 5.74) is 3.01. The van der Waals surface area contributed by atoms with Crippen LogP contribution in [0.5, 0.6) is 0 Å². The van der Waals surface area contributed by atoms with Crippen LogP contribution >= 0.6 is 0 Å². The van der Waals surface area contributed by atoms with Crippen molar-refractivity contribution >= 4 is 27.9 Å². The molecule has 22 heavy (non-hydrogen) atoms. The summed E-state index contributed by atoms with van der Waals surface area (Å²) >= 11 is 0. The minimum Gasteiger partial charge on any atom is -0.256 e. The number of rotatable bonds is 1. The summed E-state index contributed by atoms with van der Waals surface area (Å²) in [7, 11) is 0. The second-order valence-electron chi connectivity index (χ2n) is 4.83. The molecule has 4 aromatic rings. The normalized spacial score (nSPS) is 10.0. The zero-order valence-electron chi connectivity index (χ0n) is 12.2. The number of hydrogen-bond acceptors (Lipinski definition) is 2. The molecule has 4 rings (SSSR count). The Morgan fingerprint density at radius 1 is 0.682 bits per heavy atom. The summed E-state index contributed by atoms with van der Waals surface area (Å²) in [5.74, 6) is 0. The molecule has 0 N–H and O–H groups in total. The van der Waals surface area contributed by atoms with Gasteiger partial charge in [-0.25, -0.2) is 4.98 Å². The predicted molar refractivity (Wildman–Crippen MR) is 93.6 cm³/mol. The maximum Gasteiger partial charge on any atom is 0.0709 e. The molecule has 0 radical (unpaired) electrons. The van der Waals surface area contributed by atoms with Gasteiger partial charge in [0.25, 0.3) is 0 Å². The van der Waals surface area contributed by atoms with E-state index in [1.54, 1.807) is 6.08 Å². The molecule has 0 atom stereocenters. The van der Waals surface area contributed by atoms with E-state index < -0.39 is 0 Å². The van der Waals surface area contributed by atoms with E-state index in [-0.39, 0.29) is 0 Å². The fraction of sp³-hybridized carbons (Fsp3) is 0. The van der Waals surface area contributed by atoms with Gasteiger partial charge in [0.15, 0.2) is 0 Å². The summed E-state index contributed by atoms with van der Waals surface area (Å²) in [5, 5.41) is 2.37. The van der Waals surface area contributed by atoms with Crippen LogP contribution in [0.1, 0.15) is 5.69 Å². The monoisotopic (exact) mass is 284 g/mol. The highest BCUT2D eigenvalue weighted by atomic mass is 14.7. The van der Waals surface area contributed by atoms with E-state index in [0.29, 0.717) is 0 Å². The van der Waals surface area contributed by atoms with Crippen molar-refractivity contribution in [2.75, 3.05) is 0 Å². The van der Waals surface area contributed by atoms with Gasteiger partial charge in [-0.05, 0) is 30.3 Å². The summed E-state index contributed by atoms with van der Waals surface area (Å²) in [6, 6.07) is 24.2. The summed E-state index contributed by atoms with van der Waals surface area (Å²) in [6.45, 7) is 3.68. The maximum absolute atomic E-state index is 4.38. The van der Waals surface area contributed by atoms with Crippen molar-refractivity contribution in [3.05, 3.63) is 91.3 Å². The first-order valence-corrected chi connectivity index (χ1v) is 7.15. The maximum atomic E-state index is 4.38. The van der Waals surface area contributed by atoms with Crippen molar-refractivity contribution in [1.82, 2.24) is 9.97 Å². The van der Waals surface area contributed by atoms with E-state index >= 15 is 0 Å². The quantitative estimate of drug-likeness (QED) is 0.485. The van der Waals surface area contributed by atoms with Crippen LogP contribution in [0.3, 0.4) is 0 Å². The van der Waals surface area contributed by atoms with Gasteiger partial charge in [-0.1, -0.05) is 55.1 Å². The Hall–Kier alpha value is -3.00. The van der Waals surface area contributed by atoms with E-state index in [1.165, 1.54) is 10.8 Å². The molecule has 0 amide bonds. The Kier molecular flexibility index (Phi) is 4.21. The van der Waals surface area contributed by atoms with E-state index in [2.05, 4.69) is 40.8 Å². The van der Waals surface area contributed by atoms with Crippen LogP contribution in [-0.2, 0) is 0 Å². The van der Waals surface area contributed by atoms with Crippen LogP contribution in [-0.4, -0.2) is 9.97 Å². The smallest absolute Gasteiger partial charge is 0.0709 e. The average molecular weight is 284 g/mol. The third kappa shape index (κ3) is 3.18. The first-order valence-electron chi connectivity index (χ1n) is 7.15. The Balaban J connectivity index is 0.000000133. The standard InChI is InChI=1S/C11H9N.C9H7N/c1-2-10-8-7-9-5-3-4-6-11(9)12-10;1-2-6-9-8(4-1)5-3-7-10-9/h2-8H,1H2;1-7H. The van der Waals surface area contributed by atoms with E-state index in [1.807, 2.05) is 54.7 Å². The van der Waals surface area contributed by atoms with Gasteiger partial charge in [0.2, 0.25) is 0 Å². The third-order valence-corrected chi connectivity index (χ3v) is 3.34. The molecule has 2 nitrogen and oxygen atoms in total. The topological polar surface area (TPSA) is 25.8 Å². The molecule has 0 aliphatic heterocycles. The second kappa shape index (κ2) is 6.64. The van der Waals surface area contributed by atoms with Crippen molar-refractivity contribution in [3.8, 4) is 0 Å². The minimum atomic E-state index is 0.925. The Morgan fingerprint density at radius 3 is 2.05 bits per heavy atom. The van der Waals surface area contributed by atoms with Crippen LogP contribution in [0.4, 0.5) is 0 Å². The lowest BCUT2D eigenvalue weighted by Crippen LogP contribution is -1.81. The summed E-state index contributed by atoms with van der Waals surface area (Å²) in [4.78, 5) is 8.56. The molecule has 0 unspecified atom stereocenters. The van der Waals surface area contributed by atoms with Crippen LogP contribution < -0.4 is 0 Å². The molecule has 2 heteroatoms. The van der Waals surface area contributed by atoms with E-state index in [4.69, 9.17) is 0 Å². The van der Waals surface area contributed by atoms with Crippen molar-refractivity contribution in [2.24, 2.45) is 0 Å². The van der Waals surface area contributed by atoms with Crippen LogP contribution in [0.25, 0.3) is 27.9 Å². The lowest BCUT2D eigenvalue weighted by molar-refractivity contribution is 1.37. The molecule has 0 saturated carbocycles. The van der Waals surface area contributed by atoms with Gasteiger partial charge >= 0.3 is 0 Å². The average Bonchev–Trinajstić information content (AvgIpc) is 2.62. The third-order valence-electron chi connectivity index (χ3n) is 3.34. The first-order chi connectivity index (χ1) is 10.9. The predicted octanol–water partition coefficient (Wildman–Crippen LogP) is 5.11. The van der Waals surface area contributed by atoms with Gasteiger partial charge in [0.05, 0.1) is 16.7 Å².